The highest BCUT2D eigenvalue weighted by Crippen LogP contribution is 2.36. The van der Waals surface area contributed by atoms with Gasteiger partial charge in [-0.3, -0.25) is 11.3 Å². The summed E-state index contributed by atoms with van der Waals surface area (Å²) in [6, 6.07) is 6.43. The van der Waals surface area contributed by atoms with Gasteiger partial charge in [0.2, 0.25) is 0 Å². The van der Waals surface area contributed by atoms with Crippen molar-refractivity contribution in [2.45, 2.75) is 45.1 Å². The number of hydrogen-bond donors (Lipinski definition) is 2. The second-order valence-electron chi connectivity index (χ2n) is 5.07. The Hall–Kier alpha value is -0.570. The van der Waals surface area contributed by atoms with Crippen LogP contribution < -0.4 is 11.3 Å². The van der Waals surface area contributed by atoms with Crippen molar-refractivity contribution >= 4 is 11.6 Å². The molecule has 3 heteroatoms. The maximum atomic E-state index is 6.33. The van der Waals surface area contributed by atoms with Crippen LogP contribution in [0.2, 0.25) is 5.02 Å². The van der Waals surface area contributed by atoms with Gasteiger partial charge in [0, 0.05) is 5.02 Å². The Bertz CT molecular complexity index is 372. The molecule has 0 radical (unpaired) electrons. The molecular weight excluding hydrogens is 232 g/mol. The first-order valence-electron chi connectivity index (χ1n) is 6.44. The molecule has 0 heterocycles. The van der Waals surface area contributed by atoms with Crippen LogP contribution >= 0.6 is 11.6 Å². The van der Waals surface area contributed by atoms with Gasteiger partial charge >= 0.3 is 0 Å². The Labute approximate surface area is 109 Å². The van der Waals surface area contributed by atoms with E-state index in [4.69, 9.17) is 17.4 Å². The molecule has 3 N–H and O–H groups in total. The second-order valence-corrected chi connectivity index (χ2v) is 5.47. The van der Waals surface area contributed by atoms with Gasteiger partial charge in [0.05, 0.1) is 6.04 Å². The minimum absolute atomic E-state index is 0.198. The van der Waals surface area contributed by atoms with Crippen LogP contribution in [-0.2, 0) is 0 Å². The molecule has 2 rings (SSSR count). The van der Waals surface area contributed by atoms with Crippen LogP contribution in [0.15, 0.2) is 18.2 Å². The molecule has 1 atom stereocenters. The highest BCUT2D eigenvalue weighted by atomic mass is 35.5. The number of hydrogen-bond acceptors (Lipinski definition) is 2. The molecule has 0 bridgehead atoms. The first-order chi connectivity index (χ1) is 8.22. The lowest BCUT2D eigenvalue weighted by atomic mass is 9.81. The van der Waals surface area contributed by atoms with Crippen molar-refractivity contribution in [3.05, 3.63) is 34.3 Å². The van der Waals surface area contributed by atoms with Crippen molar-refractivity contribution < 1.29 is 0 Å². The average Bonchev–Trinajstić information content (AvgIpc) is 2.34. The third-order valence-electron chi connectivity index (χ3n) is 3.79. The van der Waals surface area contributed by atoms with E-state index in [-0.39, 0.29) is 6.04 Å². The smallest absolute Gasteiger partial charge is 0.0502 e. The monoisotopic (exact) mass is 252 g/mol. The van der Waals surface area contributed by atoms with Crippen LogP contribution in [0.5, 0.6) is 0 Å². The summed E-state index contributed by atoms with van der Waals surface area (Å²) in [7, 11) is 0. The molecule has 0 aliphatic heterocycles. The molecular formula is C14H21ClN2. The van der Waals surface area contributed by atoms with Crippen molar-refractivity contribution in [1.82, 2.24) is 5.43 Å². The Balaban J connectivity index is 2.21. The Kier molecular flexibility index (Phi) is 4.43. The normalized spacial score (nSPS) is 19.2. The summed E-state index contributed by atoms with van der Waals surface area (Å²) >= 11 is 6.33. The third kappa shape index (κ3) is 3.01. The van der Waals surface area contributed by atoms with Gasteiger partial charge in [-0.05, 0) is 42.9 Å². The van der Waals surface area contributed by atoms with E-state index in [0.29, 0.717) is 5.92 Å². The maximum absolute atomic E-state index is 6.33. The van der Waals surface area contributed by atoms with Crippen LogP contribution in [-0.4, -0.2) is 0 Å². The third-order valence-corrected chi connectivity index (χ3v) is 4.12. The zero-order valence-electron chi connectivity index (χ0n) is 10.4. The van der Waals surface area contributed by atoms with Crippen LogP contribution in [0.1, 0.15) is 49.3 Å². The molecule has 0 aromatic heterocycles. The van der Waals surface area contributed by atoms with Gasteiger partial charge < -0.3 is 0 Å². The molecule has 1 fully saturated rings. The van der Waals surface area contributed by atoms with Gasteiger partial charge in [0.25, 0.3) is 0 Å². The van der Waals surface area contributed by atoms with Crippen molar-refractivity contribution in [2.24, 2.45) is 11.8 Å². The minimum Gasteiger partial charge on any atom is -0.271 e. The predicted molar refractivity (Wildman–Crippen MR) is 72.8 cm³/mol. The summed E-state index contributed by atoms with van der Waals surface area (Å²) in [5.41, 5.74) is 5.30. The van der Waals surface area contributed by atoms with Crippen molar-refractivity contribution in [3.8, 4) is 0 Å². The average molecular weight is 253 g/mol. The number of benzene rings is 1. The fraction of sp³-hybridized carbons (Fsp3) is 0.571. The van der Waals surface area contributed by atoms with Gasteiger partial charge in [-0.25, -0.2) is 0 Å². The fourth-order valence-corrected chi connectivity index (χ4v) is 3.18. The van der Waals surface area contributed by atoms with E-state index in [2.05, 4.69) is 24.5 Å². The molecule has 1 unspecified atom stereocenters. The van der Waals surface area contributed by atoms with Gasteiger partial charge in [0.1, 0.15) is 0 Å². The molecule has 0 spiro atoms. The molecule has 17 heavy (non-hydrogen) atoms. The summed E-state index contributed by atoms with van der Waals surface area (Å²) in [6.45, 7) is 2.06. The lowest BCUT2D eigenvalue weighted by Gasteiger charge is -2.30. The lowest BCUT2D eigenvalue weighted by molar-refractivity contribution is 0.273. The Morgan fingerprint density at radius 1 is 1.29 bits per heavy atom. The predicted octanol–water partition coefficient (Wildman–Crippen LogP) is 3.73. The topological polar surface area (TPSA) is 38.0 Å². The molecule has 1 aromatic carbocycles. The number of hydrazine groups is 1. The van der Waals surface area contributed by atoms with E-state index in [0.717, 1.165) is 10.6 Å². The molecule has 1 aliphatic carbocycles. The molecule has 0 amide bonds. The van der Waals surface area contributed by atoms with E-state index in [1.807, 2.05) is 6.07 Å². The largest absolute Gasteiger partial charge is 0.271 e. The zero-order valence-corrected chi connectivity index (χ0v) is 11.1. The van der Waals surface area contributed by atoms with Gasteiger partial charge in [-0.1, -0.05) is 43.0 Å². The number of aryl methyl sites for hydroxylation is 1. The van der Waals surface area contributed by atoms with Crippen molar-refractivity contribution in [1.29, 1.82) is 0 Å². The molecule has 1 saturated carbocycles. The Morgan fingerprint density at radius 2 is 2.00 bits per heavy atom. The SMILES string of the molecule is Cc1ccc(C(NN)C2CCCCC2)c(Cl)c1. The van der Waals surface area contributed by atoms with E-state index < -0.39 is 0 Å². The molecule has 1 aliphatic rings. The summed E-state index contributed by atoms with van der Waals surface area (Å²) in [4.78, 5) is 0. The molecule has 1 aromatic rings. The van der Waals surface area contributed by atoms with E-state index in [1.54, 1.807) is 0 Å². The van der Waals surface area contributed by atoms with Gasteiger partial charge in [-0.15, -0.1) is 0 Å². The second kappa shape index (κ2) is 5.85. The minimum atomic E-state index is 0.198. The standard InChI is InChI=1S/C14H21ClN2/c1-10-7-8-12(13(15)9-10)14(17-16)11-5-3-2-4-6-11/h7-9,11,14,17H,2-6,16H2,1H3. The summed E-state index contributed by atoms with van der Waals surface area (Å²) in [6.07, 6.45) is 6.48. The number of halogens is 1. The van der Waals surface area contributed by atoms with Gasteiger partial charge in [-0.2, -0.15) is 0 Å². The van der Waals surface area contributed by atoms with Crippen LogP contribution in [0.25, 0.3) is 0 Å². The number of rotatable bonds is 3. The van der Waals surface area contributed by atoms with Crippen molar-refractivity contribution in [3.63, 3.8) is 0 Å². The molecule has 2 nitrogen and oxygen atoms in total. The molecule has 0 saturated heterocycles. The highest BCUT2D eigenvalue weighted by molar-refractivity contribution is 6.31. The fourth-order valence-electron chi connectivity index (χ4n) is 2.83. The zero-order chi connectivity index (χ0) is 12.3. The maximum Gasteiger partial charge on any atom is 0.0502 e. The first-order valence-corrected chi connectivity index (χ1v) is 6.82. The Morgan fingerprint density at radius 3 is 2.59 bits per heavy atom. The summed E-state index contributed by atoms with van der Waals surface area (Å²) < 4.78 is 0. The summed E-state index contributed by atoms with van der Waals surface area (Å²) in [5, 5.41) is 0.832. The van der Waals surface area contributed by atoms with Crippen LogP contribution in [0.4, 0.5) is 0 Å². The van der Waals surface area contributed by atoms with Crippen molar-refractivity contribution in [2.75, 3.05) is 0 Å². The quantitative estimate of drug-likeness (QED) is 0.635. The van der Waals surface area contributed by atoms with Crippen LogP contribution in [0.3, 0.4) is 0 Å². The van der Waals surface area contributed by atoms with E-state index >= 15 is 0 Å². The highest BCUT2D eigenvalue weighted by Gasteiger charge is 2.25. The number of nitrogens with one attached hydrogen (secondary N) is 1. The lowest BCUT2D eigenvalue weighted by Crippen LogP contribution is -2.34. The van der Waals surface area contributed by atoms with Crippen LogP contribution in [0, 0.1) is 12.8 Å². The van der Waals surface area contributed by atoms with E-state index in [1.165, 1.54) is 37.7 Å². The number of nitrogens with two attached hydrogens (primary N) is 1. The van der Waals surface area contributed by atoms with Gasteiger partial charge in [0.15, 0.2) is 0 Å². The summed E-state index contributed by atoms with van der Waals surface area (Å²) in [5.74, 6) is 6.35. The molecule has 94 valence electrons. The van der Waals surface area contributed by atoms with E-state index in [9.17, 15) is 0 Å². The first kappa shape index (κ1) is 12.9.